The van der Waals surface area contributed by atoms with Crippen molar-refractivity contribution in [1.29, 1.82) is 0 Å². The number of rotatable bonds is 3. The molecule has 3 aromatic rings. The van der Waals surface area contributed by atoms with Gasteiger partial charge in [0.15, 0.2) is 0 Å². The Kier molecular flexibility index (Phi) is 3.25. The van der Waals surface area contributed by atoms with Crippen LogP contribution in [0.25, 0.3) is 10.9 Å². The van der Waals surface area contributed by atoms with Crippen molar-refractivity contribution < 1.29 is 4.79 Å². The summed E-state index contributed by atoms with van der Waals surface area (Å²) in [6.45, 7) is 5.16. The molecule has 0 bridgehead atoms. The summed E-state index contributed by atoms with van der Waals surface area (Å²) in [4.78, 5) is 16.1. The van der Waals surface area contributed by atoms with E-state index in [4.69, 9.17) is 0 Å². The fourth-order valence-corrected chi connectivity index (χ4v) is 2.68. The third kappa shape index (κ3) is 2.31. The molecule has 3 rings (SSSR count). The predicted molar refractivity (Wildman–Crippen MR) is 83.5 cm³/mol. The number of nitrogens with zero attached hydrogens (tertiary/aromatic N) is 3. The molecule has 0 saturated heterocycles. The number of imidazole rings is 1. The first-order valence-corrected chi connectivity index (χ1v) is 6.97. The number of aryl methyl sites for hydroxylation is 3. The third-order valence-electron chi connectivity index (χ3n) is 3.73. The Bertz CT molecular complexity index is 813. The number of benzene rings is 1. The van der Waals surface area contributed by atoms with Gasteiger partial charge in [0, 0.05) is 35.9 Å². The average molecular weight is 282 g/mol. The number of fused-ring (bicyclic) bond motifs is 1. The topological polar surface area (TPSA) is 51.9 Å². The van der Waals surface area contributed by atoms with Gasteiger partial charge in [0.1, 0.15) is 5.69 Å². The molecule has 2 aromatic heterocycles. The van der Waals surface area contributed by atoms with E-state index < -0.39 is 0 Å². The van der Waals surface area contributed by atoms with Gasteiger partial charge in [-0.1, -0.05) is 0 Å². The van der Waals surface area contributed by atoms with Gasteiger partial charge in [-0.05, 0) is 38.1 Å². The zero-order valence-corrected chi connectivity index (χ0v) is 12.4. The maximum Gasteiger partial charge on any atom is 0.273 e. The van der Waals surface area contributed by atoms with Gasteiger partial charge in [-0.2, -0.15) is 0 Å². The van der Waals surface area contributed by atoms with Gasteiger partial charge < -0.3 is 14.5 Å². The Morgan fingerprint density at radius 1 is 1.33 bits per heavy atom. The number of aromatic nitrogens is 3. The van der Waals surface area contributed by atoms with E-state index in [9.17, 15) is 4.79 Å². The highest BCUT2D eigenvalue weighted by Crippen LogP contribution is 2.23. The predicted octanol–water partition coefficient (Wildman–Crippen LogP) is 2.96. The monoisotopic (exact) mass is 282 g/mol. The van der Waals surface area contributed by atoms with Gasteiger partial charge in [0.05, 0.1) is 12.5 Å². The Labute approximate surface area is 123 Å². The summed E-state index contributed by atoms with van der Waals surface area (Å²) in [6, 6.07) is 8.12. The van der Waals surface area contributed by atoms with Crippen LogP contribution in [0.5, 0.6) is 0 Å². The van der Waals surface area contributed by atoms with E-state index in [1.54, 1.807) is 24.1 Å². The van der Waals surface area contributed by atoms with Gasteiger partial charge in [0.25, 0.3) is 5.91 Å². The number of hydrogen-bond acceptors (Lipinski definition) is 2. The first-order valence-electron chi connectivity index (χ1n) is 6.97. The molecular formula is C16H18N4O. The van der Waals surface area contributed by atoms with Crippen molar-refractivity contribution in [3.05, 3.63) is 48.2 Å². The highest BCUT2D eigenvalue weighted by Gasteiger charge is 2.11. The van der Waals surface area contributed by atoms with Crippen molar-refractivity contribution in [2.24, 2.45) is 7.05 Å². The molecule has 0 radical (unpaired) electrons. The van der Waals surface area contributed by atoms with Gasteiger partial charge >= 0.3 is 0 Å². The number of nitrogens with one attached hydrogen (secondary N) is 1. The van der Waals surface area contributed by atoms with E-state index in [0.717, 1.165) is 17.6 Å². The molecule has 1 aromatic carbocycles. The summed E-state index contributed by atoms with van der Waals surface area (Å²) in [5.74, 6) is -0.152. The van der Waals surface area contributed by atoms with E-state index in [-0.39, 0.29) is 5.91 Å². The summed E-state index contributed by atoms with van der Waals surface area (Å²) in [6.07, 6.45) is 3.17. The molecule has 0 aliphatic carbocycles. The third-order valence-corrected chi connectivity index (χ3v) is 3.73. The van der Waals surface area contributed by atoms with Crippen molar-refractivity contribution >= 4 is 22.5 Å². The molecule has 5 heteroatoms. The first kappa shape index (κ1) is 13.4. The second kappa shape index (κ2) is 5.09. The van der Waals surface area contributed by atoms with Crippen LogP contribution in [-0.4, -0.2) is 20.0 Å². The molecule has 0 atom stereocenters. The van der Waals surface area contributed by atoms with Gasteiger partial charge in [-0.15, -0.1) is 0 Å². The van der Waals surface area contributed by atoms with Crippen molar-refractivity contribution in [3.63, 3.8) is 0 Å². The normalized spacial score (nSPS) is 11.0. The zero-order chi connectivity index (χ0) is 15.0. The van der Waals surface area contributed by atoms with Crippen LogP contribution in [0.1, 0.15) is 23.1 Å². The Hall–Kier alpha value is -2.56. The van der Waals surface area contributed by atoms with Crippen LogP contribution in [0.2, 0.25) is 0 Å². The van der Waals surface area contributed by atoms with Crippen LogP contribution >= 0.6 is 0 Å². The number of hydrogen-bond donors (Lipinski definition) is 1. The van der Waals surface area contributed by atoms with Crippen LogP contribution in [0.3, 0.4) is 0 Å². The second-order valence-electron chi connectivity index (χ2n) is 5.15. The molecule has 0 fully saturated rings. The van der Waals surface area contributed by atoms with Crippen LogP contribution in [0.4, 0.5) is 5.69 Å². The Morgan fingerprint density at radius 2 is 2.14 bits per heavy atom. The fraction of sp³-hybridized carbons (Fsp3) is 0.250. The molecule has 5 nitrogen and oxygen atoms in total. The van der Waals surface area contributed by atoms with Crippen molar-refractivity contribution in [2.75, 3.05) is 5.32 Å². The lowest BCUT2D eigenvalue weighted by Gasteiger charge is -2.07. The van der Waals surface area contributed by atoms with Crippen LogP contribution in [0, 0.1) is 6.92 Å². The van der Waals surface area contributed by atoms with Crippen molar-refractivity contribution in [2.45, 2.75) is 20.4 Å². The highest BCUT2D eigenvalue weighted by atomic mass is 16.1. The molecule has 0 spiro atoms. The molecule has 21 heavy (non-hydrogen) atoms. The molecule has 0 unspecified atom stereocenters. The molecule has 0 saturated carbocycles. The van der Waals surface area contributed by atoms with E-state index in [1.165, 1.54) is 11.2 Å². The summed E-state index contributed by atoms with van der Waals surface area (Å²) < 4.78 is 3.95. The summed E-state index contributed by atoms with van der Waals surface area (Å²) in [7, 11) is 1.80. The number of carbonyl (C=O) groups excluding carboxylic acids is 1. The zero-order valence-electron chi connectivity index (χ0n) is 12.4. The largest absolute Gasteiger partial charge is 0.345 e. The van der Waals surface area contributed by atoms with Crippen molar-refractivity contribution in [3.8, 4) is 0 Å². The van der Waals surface area contributed by atoms with Gasteiger partial charge in [-0.3, -0.25) is 4.79 Å². The molecular weight excluding hydrogens is 264 g/mol. The highest BCUT2D eigenvalue weighted by molar-refractivity contribution is 6.04. The minimum atomic E-state index is -0.152. The van der Waals surface area contributed by atoms with E-state index >= 15 is 0 Å². The Morgan fingerprint density at radius 3 is 2.81 bits per heavy atom. The van der Waals surface area contributed by atoms with Crippen LogP contribution in [0.15, 0.2) is 36.8 Å². The quantitative estimate of drug-likeness (QED) is 0.803. The lowest BCUT2D eigenvalue weighted by atomic mass is 10.2. The molecule has 0 aliphatic heterocycles. The first-order chi connectivity index (χ1) is 10.1. The minimum Gasteiger partial charge on any atom is -0.345 e. The average Bonchev–Trinajstić information content (AvgIpc) is 3.00. The van der Waals surface area contributed by atoms with Gasteiger partial charge in [-0.25, -0.2) is 4.98 Å². The Balaban J connectivity index is 1.92. The molecule has 1 amide bonds. The SMILES string of the molecule is CCn1c(C)cc2cc(NC(=O)c3cncn3C)ccc21. The molecule has 2 heterocycles. The smallest absolute Gasteiger partial charge is 0.273 e. The minimum absolute atomic E-state index is 0.152. The summed E-state index contributed by atoms with van der Waals surface area (Å²) in [5, 5.41) is 4.05. The molecule has 0 aliphatic rings. The second-order valence-corrected chi connectivity index (χ2v) is 5.15. The van der Waals surface area contributed by atoms with Crippen LogP contribution in [-0.2, 0) is 13.6 Å². The fourth-order valence-electron chi connectivity index (χ4n) is 2.68. The molecule has 1 N–H and O–H groups in total. The molecule has 108 valence electrons. The lowest BCUT2D eigenvalue weighted by molar-refractivity contribution is 0.101. The lowest BCUT2D eigenvalue weighted by Crippen LogP contribution is -2.15. The number of anilines is 1. The van der Waals surface area contributed by atoms with Gasteiger partial charge in [0.2, 0.25) is 0 Å². The maximum absolute atomic E-state index is 12.2. The van der Waals surface area contributed by atoms with E-state index in [2.05, 4.69) is 34.8 Å². The summed E-state index contributed by atoms with van der Waals surface area (Å²) in [5.41, 5.74) is 3.75. The number of carbonyl (C=O) groups is 1. The standard InChI is InChI=1S/C16H18N4O/c1-4-20-11(2)7-12-8-13(5-6-14(12)20)18-16(21)15-9-17-10-19(15)3/h5-10H,4H2,1-3H3,(H,18,21). The summed E-state index contributed by atoms with van der Waals surface area (Å²) >= 11 is 0. The van der Waals surface area contributed by atoms with Crippen molar-refractivity contribution in [1.82, 2.24) is 14.1 Å². The van der Waals surface area contributed by atoms with Crippen LogP contribution < -0.4 is 5.32 Å². The number of amides is 1. The van der Waals surface area contributed by atoms with E-state index in [1.807, 2.05) is 18.2 Å². The maximum atomic E-state index is 12.2. The van der Waals surface area contributed by atoms with E-state index in [0.29, 0.717) is 5.69 Å².